The molecule has 0 radical (unpaired) electrons. The topological polar surface area (TPSA) is 26.3 Å². The predicted molar refractivity (Wildman–Crippen MR) is 54.7 cm³/mol. The summed E-state index contributed by atoms with van der Waals surface area (Å²) in [7, 11) is 1.61. The molecule has 2 nitrogen and oxygen atoms in total. The van der Waals surface area contributed by atoms with Crippen molar-refractivity contribution in [2.24, 2.45) is 5.41 Å². The number of hydrogen-bond acceptors (Lipinski definition) is 2. The maximum absolute atomic E-state index is 11.9. The van der Waals surface area contributed by atoms with Crippen LogP contribution < -0.4 is 4.74 Å². The van der Waals surface area contributed by atoms with Gasteiger partial charge in [0.05, 0.1) is 7.11 Å². The molecule has 0 saturated heterocycles. The molecule has 0 atom stereocenters. The fourth-order valence-electron chi connectivity index (χ4n) is 1.53. The summed E-state index contributed by atoms with van der Waals surface area (Å²) in [5.74, 6) is 0.997. The van der Waals surface area contributed by atoms with Crippen molar-refractivity contribution >= 4 is 5.78 Å². The van der Waals surface area contributed by atoms with E-state index in [0.717, 1.165) is 24.2 Å². The number of Topliss-reactive ketones (excluding diaryl/α,β-unsaturated/α-hetero) is 1. The molecule has 0 unspecified atom stereocenters. The first-order valence-electron chi connectivity index (χ1n) is 4.84. The van der Waals surface area contributed by atoms with Gasteiger partial charge in [0, 0.05) is 11.0 Å². The Kier molecular flexibility index (Phi) is 2.06. The average Bonchev–Trinajstić information content (AvgIpc) is 2.97. The Bertz CT molecular complexity index is 364. The Morgan fingerprint density at radius 2 is 2.14 bits per heavy atom. The Morgan fingerprint density at radius 3 is 2.71 bits per heavy atom. The smallest absolute Gasteiger partial charge is 0.168 e. The summed E-state index contributed by atoms with van der Waals surface area (Å²) in [5.41, 5.74) is 0.677. The molecule has 74 valence electrons. The van der Waals surface area contributed by atoms with Gasteiger partial charge in [0.15, 0.2) is 5.78 Å². The monoisotopic (exact) mass is 190 g/mol. The second-order valence-electron chi connectivity index (χ2n) is 4.12. The molecule has 0 spiro atoms. The van der Waals surface area contributed by atoms with Crippen molar-refractivity contribution in [1.29, 1.82) is 0 Å². The van der Waals surface area contributed by atoms with Gasteiger partial charge in [0.25, 0.3) is 0 Å². The van der Waals surface area contributed by atoms with Gasteiger partial charge in [-0.1, -0.05) is 19.1 Å². The van der Waals surface area contributed by atoms with Crippen molar-refractivity contribution in [2.45, 2.75) is 19.8 Å². The zero-order valence-corrected chi connectivity index (χ0v) is 8.54. The maximum atomic E-state index is 11.9. The first-order valence-corrected chi connectivity index (χ1v) is 4.84. The molecule has 1 aromatic carbocycles. The number of ketones is 1. The lowest BCUT2D eigenvalue weighted by molar-refractivity contribution is 0.0912. The van der Waals surface area contributed by atoms with Crippen LogP contribution in [0.25, 0.3) is 0 Å². The molecule has 0 aliphatic heterocycles. The second kappa shape index (κ2) is 3.12. The van der Waals surface area contributed by atoms with Gasteiger partial charge in [-0.3, -0.25) is 4.79 Å². The Balaban J connectivity index is 2.27. The Labute approximate surface area is 83.9 Å². The van der Waals surface area contributed by atoms with Gasteiger partial charge in [0.1, 0.15) is 5.75 Å². The maximum Gasteiger partial charge on any atom is 0.168 e. The minimum Gasteiger partial charge on any atom is -0.497 e. The summed E-state index contributed by atoms with van der Waals surface area (Å²) in [5, 5.41) is 0. The molecule has 2 rings (SSSR count). The SMILES string of the molecule is COc1cccc(C(=O)C2(C)CC2)c1. The molecule has 1 saturated carbocycles. The lowest BCUT2D eigenvalue weighted by atomic mass is 9.97. The summed E-state index contributed by atoms with van der Waals surface area (Å²) in [6, 6.07) is 7.38. The third-order valence-electron chi connectivity index (χ3n) is 2.88. The number of benzene rings is 1. The molecule has 0 aromatic heterocycles. The van der Waals surface area contributed by atoms with Crippen molar-refractivity contribution < 1.29 is 9.53 Å². The van der Waals surface area contributed by atoms with E-state index in [1.165, 1.54) is 0 Å². The van der Waals surface area contributed by atoms with Crippen LogP contribution in [0.15, 0.2) is 24.3 Å². The summed E-state index contributed by atoms with van der Waals surface area (Å²) >= 11 is 0. The molecule has 14 heavy (non-hydrogen) atoms. The van der Waals surface area contributed by atoms with Crippen LogP contribution in [0.2, 0.25) is 0 Å². The molecule has 1 aliphatic carbocycles. The van der Waals surface area contributed by atoms with Crippen LogP contribution in [0.4, 0.5) is 0 Å². The predicted octanol–water partition coefficient (Wildman–Crippen LogP) is 2.68. The molecule has 1 aromatic rings. The minimum atomic E-state index is -0.0909. The molecule has 0 bridgehead atoms. The van der Waals surface area contributed by atoms with E-state index in [-0.39, 0.29) is 11.2 Å². The second-order valence-corrected chi connectivity index (χ2v) is 4.12. The third kappa shape index (κ3) is 1.52. The molecule has 0 N–H and O–H groups in total. The quantitative estimate of drug-likeness (QED) is 0.685. The number of methoxy groups -OCH3 is 1. The van der Waals surface area contributed by atoms with Gasteiger partial charge in [-0.25, -0.2) is 0 Å². The van der Waals surface area contributed by atoms with Gasteiger partial charge in [-0.2, -0.15) is 0 Å². The fourth-order valence-corrected chi connectivity index (χ4v) is 1.53. The third-order valence-corrected chi connectivity index (χ3v) is 2.88. The van der Waals surface area contributed by atoms with Gasteiger partial charge in [-0.15, -0.1) is 0 Å². The zero-order valence-electron chi connectivity index (χ0n) is 8.54. The van der Waals surface area contributed by atoms with Gasteiger partial charge in [0.2, 0.25) is 0 Å². The lowest BCUT2D eigenvalue weighted by Gasteiger charge is -2.08. The van der Waals surface area contributed by atoms with Crippen LogP contribution >= 0.6 is 0 Å². The standard InChI is InChI=1S/C12H14O2/c1-12(6-7-12)11(13)9-4-3-5-10(8-9)14-2/h3-5,8H,6-7H2,1-2H3. The highest BCUT2D eigenvalue weighted by molar-refractivity contribution is 6.02. The van der Waals surface area contributed by atoms with E-state index in [9.17, 15) is 4.79 Å². The van der Waals surface area contributed by atoms with E-state index in [2.05, 4.69) is 0 Å². The van der Waals surface area contributed by atoms with Gasteiger partial charge >= 0.3 is 0 Å². The molecular formula is C12H14O2. The molecule has 1 fully saturated rings. The number of ether oxygens (including phenoxy) is 1. The van der Waals surface area contributed by atoms with Crippen molar-refractivity contribution in [2.75, 3.05) is 7.11 Å². The van der Waals surface area contributed by atoms with E-state index in [1.807, 2.05) is 31.2 Å². The number of hydrogen-bond donors (Lipinski definition) is 0. The first kappa shape index (κ1) is 9.25. The van der Waals surface area contributed by atoms with Crippen molar-refractivity contribution in [3.63, 3.8) is 0 Å². The van der Waals surface area contributed by atoms with Crippen LogP contribution in [-0.2, 0) is 0 Å². The van der Waals surface area contributed by atoms with E-state index in [4.69, 9.17) is 4.74 Å². The van der Waals surface area contributed by atoms with E-state index >= 15 is 0 Å². The summed E-state index contributed by atoms with van der Waals surface area (Å²) < 4.78 is 5.09. The van der Waals surface area contributed by atoms with Gasteiger partial charge < -0.3 is 4.74 Å². The Morgan fingerprint density at radius 1 is 1.43 bits per heavy atom. The largest absolute Gasteiger partial charge is 0.497 e. The normalized spacial score (nSPS) is 17.6. The highest BCUT2D eigenvalue weighted by Crippen LogP contribution is 2.47. The van der Waals surface area contributed by atoms with Crippen LogP contribution in [-0.4, -0.2) is 12.9 Å². The summed E-state index contributed by atoms with van der Waals surface area (Å²) in [6.07, 6.45) is 2.03. The van der Waals surface area contributed by atoms with Crippen molar-refractivity contribution in [3.8, 4) is 5.75 Å². The van der Waals surface area contributed by atoms with E-state index in [1.54, 1.807) is 7.11 Å². The number of carbonyl (C=O) groups is 1. The van der Waals surface area contributed by atoms with Crippen LogP contribution in [0.3, 0.4) is 0 Å². The zero-order chi connectivity index (χ0) is 10.2. The first-order chi connectivity index (χ1) is 6.65. The average molecular weight is 190 g/mol. The molecule has 2 heteroatoms. The molecule has 0 amide bonds. The van der Waals surface area contributed by atoms with Crippen LogP contribution in [0.5, 0.6) is 5.75 Å². The Hall–Kier alpha value is -1.31. The fraction of sp³-hybridized carbons (Fsp3) is 0.417. The van der Waals surface area contributed by atoms with Gasteiger partial charge in [-0.05, 0) is 25.0 Å². The highest BCUT2D eigenvalue weighted by atomic mass is 16.5. The van der Waals surface area contributed by atoms with Crippen molar-refractivity contribution in [3.05, 3.63) is 29.8 Å². The van der Waals surface area contributed by atoms with Crippen LogP contribution in [0.1, 0.15) is 30.1 Å². The minimum absolute atomic E-state index is 0.0909. The molecular weight excluding hydrogens is 176 g/mol. The molecule has 1 aliphatic rings. The highest BCUT2D eigenvalue weighted by Gasteiger charge is 2.44. The van der Waals surface area contributed by atoms with Crippen LogP contribution in [0, 0.1) is 5.41 Å². The number of carbonyl (C=O) groups excluding carboxylic acids is 1. The summed E-state index contributed by atoms with van der Waals surface area (Å²) in [4.78, 5) is 11.9. The number of rotatable bonds is 3. The molecule has 0 heterocycles. The van der Waals surface area contributed by atoms with Crippen molar-refractivity contribution in [1.82, 2.24) is 0 Å². The van der Waals surface area contributed by atoms with E-state index < -0.39 is 0 Å². The lowest BCUT2D eigenvalue weighted by Crippen LogP contribution is -2.11. The van der Waals surface area contributed by atoms with E-state index in [0.29, 0.717) is 0 Å². The summed E-state index contributed by atoms with van der Waals surface area (Å²) in [6.45, 7) is 2.02.